The van der Waals surface area contributed by atoms with E-state index >= 15 is 0 Å². The Morgan fingerprint density at radius 1 is 1.12 bits per heavy atom. The van der Waals surface area contributed by atoms with Crippen LogP contribution in [0.2, 0.25) is 0 Å². The van der Waals surface area contributed by atoms with Crippen molar-refractivity contribution in [1.29, 1.82) is 0 Å². The molecule has 7 heteroatoms. The van der Waals surface area contributed by atoms with Gasteiger partial charge in [-0.1, -0.05) is 34.1 Å². The number of carbonyl (C=O) groups is 1. The number of aromatic hydroxyl groups is 1. The predicted octanol–water partition coefficient (Wildman–Crippen LogP) is 2.36. The molecule has 4 rings (SSSR count). The molecule has 0 unspecified atom stereocenters. The van der Waals surface area contributed by atoms with E-state index in [9.17, 15) is 9.90 Å². The van der Waals surface area contributed by atoms with Crippen LogP contribution in [-0.4, -0.2) is 20.6 Å². The molecule has 0 atom stereocenters. The highest BCUT2D eigenvalue weighted by atomic mass is 79.9. The van der Waals surface area contributed by atoms with Crippen LogP contribution in [0, 0.1) is 4.77 Å². The molecule has 3 aromatic rings. The third-order valence-corrected chi connectivity index (χ3v) is 4.63. The second-order valence-electron chi connectivity index (χ2n) is 5.25. The minimum atomic E-state index is -0.397. The van der Waals surface area contributed by atoms with E-state index < -0.39 is 5.91 Å². The molecule has 0 saturated carbocycles. The highest BCUT2D eigenvalue weighted by molar-refractivity contribution is 9.10. The summed E-state index contributed by atoms with van der Waals surface area (Å²) < 4.78 is 2.70. The van der Waals surface area contributed by atoms with Crippen molar-refractivity contribution in [2.45, 2.75) is 0 Å². The largest absolute Gasteiger partial charge is 0.493 e. The van der Waals surface area contributed by atoms with Gasteiger partial charge in [-0.2, -0.15) is 0 Å². The van der Waals surface area contributed by atoms with Crippen molar-refractivity contribution >= 4 is 39.6 Å². The fraction of sp³-hybridized carbons (Fsp3) is 0. The van der Waals surface area contributed by atoms with Crippen LogP contribution < -0.4 is 10.6 Å². The Labute approximate surface area is 149 Å². The number of benzene rings is 2. The fourth-order valence-corrected chi connectivity index (χ4v) is 3.29. The normalized spacial score (nSPS) is 13.0. The van der Waals surface area contributed by atoms with Crippen LogP contribution in [-0.2, 0) is 4.79 Å². The molecule has 1 aromatic heterocycles. The summed E-state index contributed by atoms with van der Waals surface area (Å²) in [6.45, 7) is 0. The first-order valence-electron chi connectivity index (χ1n) is 7.09. The van der Waals surface area contributed by atoms with Gasteiger partial charge in [-0.3, -0.25) is 9.36 Å². The van der Waals surface area contributed by atoms with E-state index in [4.69, 9.17) is 12.2 Å². The minimum Gasteiger partial charge on any atom is -0.493 e. The van der Waals surface area contributed by atoms with Crippen LogP contribution in [0.15, 0.2) is 58.0 Å². The number of rotatable bonds is 2. The number of nitrogens with one attached hydrogen (secondary N) is 1. The lowest BCUT2D eigenvalue weighted by Crippen LogP contribution is -2.22. The smallest absolute Gasteiger partial charge is 0.280 e. The van der Waals surface area contributed by atoms with E-state index in [2.05, 4.69) is 25.9 Å². The molecule has 1 aliphatic heterocycles. The molecule has 2 N–H and O–H groups in total. The zero-order chi connectivity index (χ0) is 16.8. The molecule has 2 aromatic carbocycles. The summed E-state index contributed by atoms with van der Waals surface area (Å²) >= 11 is 8.70. The predicted molar refractivity (Wildman–Crippen MR) is 95.1 cm³/mol. The van der Waals surface area contributed by atoms with Crippen molar-refractivity contribution in [1.82, 2.24) is 9.55 Å². The third kappa shape index (κ3) is 2.24. The maximum atomic E-state index is 12.3. The molecule has 0 radical (unpaired) electrons. The second-order valence-corrected chi connectivity index (χ2v) is 6.55. The first-order valence-corrected chi connectivity index (χ1v) is 8.29. The van der Waals surface area contributed by atoms with Gasteiger partial charge in [-0.25, -0.2) is 4.99 Å². The maximum Gasteiger partial charge on any atom is 0.280 e. The van der Waals surface area contributed by atoms with Gasteiger partial charge >= 0.3 is 0 Å². The number of carbonyl (C=O) groups excluding carboxylic acids is 1. The van der Waals surface area contributed by atoms with Crippen molar-refractivity contribution in [2.75, 3.05) is 0 Å². The highest BCUT2D eigenvalue weighted by Gasteiger charge is 2.25. The average molecular weight is 400 g/mol. The summed E-state index contributed by atoms with van der Waals surface area (Å²) in [4.78, 5) is 19.3. The van der Waals surface area contributed by atoms with Gasteiger partial charge in [-0.15, -0.1) is 0 Å². The number of fused-ring (bicyclic) bond motifs is 1. The van der Waals surface area contributed by atoms with Crippen LogP contribution in [0.3, 0.4) is 0 Å². The van der Waals surface area contributed by atoms with Crippen molar-refractivity contribution in [3.05, 3.63) is 74.0 Å². The first-order chi connectivity index (χ1) is 11.6. The molecule has 118 valence electrons. The zero-order valence-electron chi connectivity index (χ0n) is 12.2. The van der Waals surface area contributed by atoms with E-state index in [1.807, 2.05) is 36.4 Å². The number of hydrogen-bond donors (Lipinski definition) is 2. The Balaban J connectivity index is 1.99. The van der Waals surface area contributed by atoms with Gasteiger partial charge in [0.25, 0.3) is 5.91 Å². The molecule has 1 amide bonds. The minimum absolute atomic E-state index is 0.113. The number of halogens is 1. The van der Waals surface area contributed by atoms with E-state index in [1.165, 1.54) is 4.57 Å². The lowest BCUT2D eigenvalue weighted by molar-refractivity contribution is -0.112. The number of H-pyrrole nitrogens is 1. The topological polar surface area (TPSA) is 70.4 Å². The Morgan fingerprint density at radius 2 is 1.83 bits per heavy atom. The van der Waals surface area contributed by atoms with Gasteiger partial charge in [0.15, 0.2) is 4.77 Å². The summed E-state index contributed by atoms with van der Waals surface area (Å²) in [6.07, 6.45) is 0. The number of aromatic amines is 1. The maximum absolute atomic E-state index is 12.3. The van der Waals surface area contributed by atoms with E-state index in [1.54, 1.807) is 12.1 Å². The Morgan fingerprint density at radius 3 is 2.58 bits per heavy atom. The van der Waals surface area contributed by atoms with Crippen LogP contribution in [0.5, 0.6) is 5.88 Å². The molecule has 0 bridgehead atoms. The van der Waals surface area contributed by atoms with Crippen molar-refractivity contribution in [3.63, 3.8) is 0 Å². The molecular weight excluding hydrogens is 390 g/mol. The van der Waals surface area contributed by atoms with Gasteiger partial charge in [0.05, 0.1) is 16.6 Å². The summed E-state index contributed by atoms with van der Waals surface area (Å²) in [5.74, 6) is -0.511. The number of imidazole rings is 1. The third-order valence-electron chi connectivity index (χ3n) is 3.81. The number of nitrogens with zero attached hydrogens (tertiary/aromatic N) is 2. The molecule has 2 heterocycles. The summed E-state index contributed by atoms with van der Waals surface area (Å²) in [7, 11) is 0. The van der Waals surface area contributed by atoms with Gasteiger partial charge in [-0.05, 0) is 42.5 Å². The molecule has 0 fully saturated rings. The van der Waals surface area contributed by atoms with Crippen molar-refractivity contribution < 1.29 is 9.90 Å². The number of para-hydroxylation sites is 1. The highest BCUT2D eigenvalue weighted by Crippen LogP contribution is 2.28. The van der Waals surface area contributed by atoms with Crippen LogP contribution >= 0.6 is 28.1 Å². The van der Waals surface area contributed by atoms with E-state index in [-0.39, 0.29) is 11.6 Å². The van der Waals surface area contributed by atoms with Crippen molar-refractivity contribution in [2.24, 2.45) is 4.99 Å². The lowest BCUT2D eigenvalue weighted by Gasteiger charge is -2.05. The average Bonchev–Trinajstić information content (AvgIpc) is 3.04. The zero-order valence-corrected chi connectivity index (χ0v) is 14.6. The van der Waals surface area contributed by atoms with Gasteiger partial charge in [0, 0.05) is 9.69 Å². The second kappa shape index (κ2) is 5.54. The van der Waals surface area contributed by atoms with E-state index in [0.29, 0.717) is 26.6 Å². The quantitative estimate of drug-likeness (QED) is 0.649. The Hall–Kier alpha value is -2.51. The standard InChI is InChI=1S/C17H10BrN3O2S/c18-9-5-7-10(8-6-9)21-16(23)14(20-17(21)24)13-11-3-1-2-4-12(11)19-15(13)22/h1-8,23H,(H,20,24). The van der Waals surface area contributed by atoms with E-state index in [0.717, 1.165) is 4.47 Å². The van der Waals surface area contributed by atoms with Crippen LogP contribution in [0.25, 0.3) is 11.3 Å². The summed E-state index contributed by atoms with van der Waals surface area (Å²) in [5, 5.41) is 11.9. The fourth-order valence-electron chi connectivity index (χ4n) is 2.74. The summed E-state index contributed by atoms with van der Waals surface area (Å²) in [6, 6.07) is 14.5. The Bertz CT molecular complexity index is 1160. The van der Waals surface area contributed by atoms with Gasteiger partial charge in [0.2, 0.25) is 5.88 Å². The molecule has 5 nitrogen and oxygen atoms in total. The SMILES string of the molecule is O=C1N=c2ccccc2=C1c1[nH]c(=S)n(-c2ccc(Br)cc2)c1O. The van der Waals surface area contributed by atoms with Gasteiger partial charge < -0.3 is 10.1 Å². The number of aromatic nitrogens is 2. The molecular formula is C17H10BrN3O2S. The summed E-state index contributed by atoms with van der Waals surface area (Å²) in [5.41, 5.74) is 1.30. The number of hydrogen-bond acceptors (Lipinski definition) is 3. The molecule has 0 aliphatic carbocycles. The van der Waals surface area contributed by atoms with Crippen molar-refractivity contribution in [3.8, 4) is 11.6 Å². The molecule has 0 spiro atoms. The monoisotopic (exact) mass is 399 g/mol. The lowest BCUT2D eigenvalue weighted by atomic mass is 10.1. The van der Waals surface area contributed by atoms with Crippen LogP contribution in [0.1, 0.15) is 5.69 Å². The number of amides is 1. The molecule has 24 heavy (non-hydrogen) atoms. The Kier molecular flexibility index (Phi) is 3.47. The van der Waals surface area contributed by atoms with Crippen LogP contribution in [0.4, 0.5) is 0 Å². The molecule has 0 saturated heterocycles. The molecule has 1 aliphatic rings. The first kappa shape index (κ1) is 15.0. The van der Waals surface area contributed by atoms with Gasteiger partial charge in [0.1, 0.15) is 5.69 Å².